The zero-order valence-corrected chi connectivity index (χ0v) is 16.8. The average molecular weight is 408 g/mol. The van der Waals surface area contributed by atoms with Gasteiger partial charge >= 0.3 is 5.97 Å². The molecular formula is C22H21FN4O3. The summed E-state index contributed by atoms with van der Waals surface area (Å²) >= 11 is 0. The summed E-state index contributed by atoms with van der Waals surface area (Å²) in [6.07, 6.45) is 0. The van der Waals surface area contributed by atoms with Crippen molar-refractivity contribution in [2.24, 2.45) is 7.05 Å². The van der Waals surface area contributed by atoms with E-state index in [2.05, 4.69) is 15.5 Å². The molecule has 30 heavy (non-hydrogen) atoms. The molecule has 0 radical (unpaired) electrons. The van der Waals surface area contributed by atoms with E-state index in [9.17, 15) is 14.0 Å². The predicted octanol–water partition coefficient (Wildman–Crippen LogP) is 3.57. The molecule has 1 aliphatic rings. The largest absolute Gasteiger partial charge is 0.462 e. The van der Waals surface area contributed by atoms with Crippen molar-refractivity contribution in [3.05, 3.63) is 76.6 Å². The topological polar surface area (TPSA) is 86.1 Å². The minimum Gasteiger partial charge on any atom is -0.462 e. The molecule has 1 aromatic heterocycles. The van der Waals surface area contributed by atoms with Gasteiger partial charge in [-0.2, -0.15) is 0 Å². The van der Waals surface area contributed by atoms with Gasteiger partial charge in [0.2, 0.25) is 0 Å². The number of benzene rings is 2. The van der Waals surface area contributed by atoms with Gasteiger partial charge in [-0.05, 0) is 43.7 Å². The van der Waals surface area contributed by atoms with E-state index >= 15 is 0 Å². The van der Waals surface area contributed by atoms with Crippen LogP contribution in [0.4, 0.5) is 10.1 Å². The fraction of sp³-hybridized carbons (Fsp3) is 0.273. The molecule has 7 nitrogen and oxygen atoms in total. The van der Waals surface area contributed by atoms with E-state index in [4.69, 9.17) is 4.74 Å². The zero-order chi connectivity index (χ0) is 21.4. The summed E-state index contributed by atoms with van der Waals surface area (Å²) in [5, 5.41) is 11.7. The second-order valence-electron chi connectivity index (χ2n) is 7.13. The number of anilines is 1. The van der Waals surface area contributed by atoms with Crippen LogP contribution in [0.5, 0.6) is 0 Å². The fourth-order valence-corrected chi connectivity index (χ4v) is 3.78. The second kappa shape index (κ2) is 7.70. The van der Waals surface area contributed by atoms with Crippen LogP contribution in [0.2, 0.25) is 0 Å². The molecule has 1 aliphatic heterocycles. The lowest BCUT2D eigenvalue weighted by atomic mass is 9.80. The first-order valence-corrected chi connectivity index (χ1v) is 9.64. The van der Waals surface area contributed by atoms with Crippen molar-refractivity contribution in [3.63, 3.8) is 0 Å². The molecule has 2 aromatic carbocycles. The first kappa shape index (κ1) is 19.8. The van der Waals surface area contributed by atoms with E-state index in [1.54, 1.807) is 55.8 Å². The summed E-state index contributed by atoms with van der Waals surface area (Å²) < 4.78 is 20.4. The van der Waals surface area contributed by atoms with E-state index in [1.807, 2.05) is 0 Å². The molecule has 2 heterocycles. The third kappa shape index (κ3) is 3.24. The number of rotatable bonds is 4. The van der Waals surface area contributed by atoms with Crippen LogP contribution in [-0.4, -0.2) is 33.1 Å². The average Bonchev–Trinajstić information content (AvgIpc) is 3.06. The molecule has 3 aromatic rings. The van der Waals surface area contributed by atoms with Gasteiger partial charge < -0.3 is 14.6 Å². The highest BCUT2D eigenvalue weighted by atomic mass is 19.1. The molecule has 1 N–H and O–H groups in total. The standard InChI is InChI=1S/C22H21FN4O3/c1-4-30-22(29)15-6-5-7-16-17(15)20(28)18(21-26-25-12(2)27(21)3)19(24-16)13-8-10-14(23)11-9-13/h5-11,18-19,24H,4H2,1-3H3. The van der Waals surface area contributed by atoms with Gasteiger partial charge in [0.1, 0.15) is 23.4 Å². The summed E-state index contributed by atoms with van der Waals surface area (Å²) in [6, 6.07) is 10.5. The van der Waals surface area contributed by atoms with E-state index in [-0.39, 0.29) is 29.3 Å². The molecule has 0 aliphatic carbocycles. The van der Waals surface area contributed by atoms with Crippen molar-refractivity contribution in [3.8, 4) is 0 Å². The highest BCUT2D eigenvalue weighted by Crippen LogP contribution is 2.43. The maximum atomic E-state index is 13.8. The summed E-state index contributed by atoms with van der Waals surface area (Å²) in [4.78, 5) is 26.2. The van der Waals surface area contributed by atoms with Gasteiger partial charge in [0.25, 0.3) is 0 Å². The van der Waals surface area contributed by atoms with Crippen molar-refractivity contribution >= 4 is 17.4 Å². The Morgan fingerprint density at radius 1 is 1.20 bits per heavy atom. The summed E-state index contributed by atoms with van der Waals surface area (Å²) in [6.45, 7) is 3.71. The maximum absolute atomic E-state index is 13.8. The van der Waals surface area contributed by atoms with Crippen molar-refractivity contribution in [2.75, 3.05) is 11.9 Å². The van der Waals surface area contributed by atoms with Crippen LogP contribution in [0.15, 0.2) is 42.5 Å². The highest BCUT2D eigenvalue weighted by molar-refractivity contribution is 6.14. The van der Waals surface area contributed by atoms with Crippen LogP contribution in [0, 0.1) is 12.7 Å². The lowest BCUT2D eigenvalue weighted by Gasteiger charge is -2.34. The minimum absolute atomic E-state index is 0.202. The Morgan fingerprint density at radius 3 is 2.57 bits per heavy atom. The Kier molecular flexibility index (Phi) is 5.07. The van der Waals surface area contributed by atoms with Gasteiger partial charge in [-0.3, -0.25) is 4.79 Å². The lowest BCUT2D eigenvalue weighted by Crippen LogP contribution is -2.35. The van der Waals surface area contributed by atoms with Crippen LogP contribution >= 0.6 is 0 Å². The van der Waals surface area contributed by atoms with Crippen molar-refractivity contribution in [1.29, 1.82) is 0 Å². The second-order valence-corrected chi connectivity index (χ2v) is 7.13. The molecule has 2 atom stereocenters. The summed E-state index contributed by atoms with van der Waals surface area (Å²) in [5.41, 5.74) is 1.71. The third-order valence-corrected chi connectivity index (χ3v) is 5.37. The van der Waals surface area contributed by atoms with E-state index in [0.29, 0.717) is 17.3 Å². The number of aromatic nitrogens is 3. The van der Waals surface area contributed by atoms with Crippen LogP contribution in [0.25, 0.3) is 0 Å². The zero-order valence-electron chi connectivity index (χ0n) is 16.8. The number of ketones is 1. The maximum Gasteiger partial charge on any atom is 0.338 e. The number of halogens is 1. The summed E-state index contributed by atoms with van der Waals surface area (Å²) in [5.74, 6) is -0.833. The molecule has 0 saturated heterocycles. The molecule has 2 unspecified atom stereocenters. The van der Waals surface area contributed by atoms with E-state index < -0.39 is 17.9 Å². The molecule has 8 heteroatoms. The number of carbonyl (C=O) groups is 2. The number of nitrogens with zero attached hydrogens (tertiary/aromatic N) is 3. The van der Waals surface area contributed by atoms with E-state index in [1.165, 1.54) is 12.1 Å². The van der Waals surface area contributed by atoms with Crippen molar-refractivity contribution in [2.45, 2.75) is 25.8 Å². The fourth-order valence-electron chi connectivity index (χ4n) is 3.78. The van der Waals surface area contributed by atoms with Crippen LogP contribution in [0.1, 0.15) is 56.8 Å². The lowest BCUT2D eigenvalue weighted by molar-refractivity contribution is 0.0522. The van der Waals surface area contributed by atoms with Crippen LogP contribution < -0.4 is 5.32 Å². The highest BCUT2D eigenvalue weighted by Gasteiger charge is 2.42. The number of Topliss-reactive ketones (excluding diaryl/α,β-unsaturated/α-hetero) is 1. The van der Waals surface area contributed by atoms with Gasteiger partial charge in [0.05, 0.1) is 23.8 Å². The number of ether oxygens (including phenoxy) is 1. The first-order valence-electron chi connectivity index (χ1n) is 9.64. The number of esters is 1. The van der Waals surface area contributed by atoms with Gasteiger partial charge in [-0.25, -0.2) is 9.18 Å². The molecule has 0 saturated carbocycles. The molecule has 0 amide bonds. The Bertz CT molecular complexity index is 1120. The molecule has 0 spiro atoms. The van der Waals surface area contributed by atoms with Crippen LogP contribution in [0.3, 0.4) is 0 Å². The predicted molar refractivity (Wildman–Crippen MR) is 108 cm³/mol. The number of hydrogen-bond donors (Lipinski definition) is 1. The number of aryl methyl sites for hydroxylation is 1. The molecule has 154 valence electrons. The van der Waals surface area contributed by atoms with Gasteiger partial charge in [-0.1, -0.05) is 18.2 Å². The molecule has 0 bridgehead atoms. The third-order valence-electron chi connectivity index (χ3n) is 5.37. The molecule has 0 fully saturated rings. The minimum atomic E-state index is -0.760. The Labute approximate surface area is 172 Å². The molecular weight excluding hydrogens is 387 g/mol. The van der Waals surface area contributed by atoms with Crippen LogP contribution in [-0.2, 0) is 11.8 Å². The number of carbonyl (C=O) groups excluding carboxylic acids is 2. The quantitative estimate of drug-likeness (QED) is 0.664. The van der Waals surface area contributed by atoms with Gasteiger partial charge in [0, 0.05) is 12.7 Å². The number of nitrogens with one attached hydrogen (secondary N) is 1. The van der Waals surface area contributed by atoms with Crippen molar-refractivity contribution in [1.82, 2.24) is 14.8 Å². The SMILES string of the molecule is CCOC(=O)c1cccc2c1C(=O)C(c1nnc(C)n1C)C(c1ccc(F)cc1)N2. The van der Waals surface area contributed by atoms with Gasteiger partial charge in [0.15, 0.2) is 5.78 Å². The normalized spacial score (nSPS) is 17.9. The van der Waals surface area contributed by atoms with Gasteiger partial charge in [-0.15, -0.1) is 10.2 Å². The monoisotopic (exact) mass is 408 g/mol. The summed E-state index contributed by atoms with van der Waals surface area (Å²) in [7, 11) is 1.78. The Hall–Kier alpha value is -3.55. The Morgan fingerprint density at radius 2 is 1.93 bits per heavy atom. The van der Waals surface area contributed by atoms with E-state index in [0.717, 1.165) is 5.56 Å². The first-order chi connectivity index (χ1) is 14.4. The number of hydrogen-bond acceptors (Lipinski definition) is 6. The number of fused-ring (bicyclic) bond motifs is 1. The Balaban J connectivity index is 1.90. The smallest absolute Gasteiger partial charge is 0.338 e. The van der Waals surface area contributed by atoms with Crippen molar-refractivity contribution < 1.29 is 18.7 Å². The molecule has 4 rings (SSSR count).